The Hall–Kier alpha value is -1.23. The molecule has 0 bridgehead atoms. The molecule has 8 nitrogen and oxygen atoms in total. The minimum Gasteiger partial charge on any atom is -0.389 e. The number of fused-ring (bicyclic) bond motifs is 1. The van der Waals surface area contributed by atoms with Gasteiger partial charge in [0.1, 0.15) is 0 Å². The quantitative estimate of drug-likeness (QED) is 0.660. The molecule has 1 aromatic rings. The molecule has 1 aromatic carbocycles. The van der Waals surface area contributed by atoms with Gasteiger partial charge in [-0.05, 0) is 43.9 Å². The van der Waals surface area contributed by atoms with E-state index in [-0.39, 0.29) is 49.1 Å². The molecule has 0 unspecified atom stereocenters. The lowest BCUT2D eigenvalue weighted by Gasteiger charge is -2.43. The first-order valence-corrected chi connectivity index (χ1v) is 13.1. The van der Waals surface area contributed by atoms with Crippen LogP contribution in [0.15, 0.2) is 29.2 Å². The molecule has 2 N–H and O–H groups in total. The van der Waals surface area contributed by atoms with E-state index in [1.807, 2.05) is 0 Å². The van der Waals surface area contributed by atoms with E-state index in [4.69, 9.17) is 21.1 Å². The lowest BCUT2D eigenvalue weighted by molar-refractivity contribution is -0.146. The smallest absolute Gasteiger partial charge is 0.243 e. The monoisotopic (exact) mass is 486 g/mol. The summed E-state index contributed by atoms with van der Waals surface area (Å²) in [5.74, 6) is -0.0223. The Morgan fingerprint density at radius 1 is 1.19 bits per heavy atom. The molecule has 178 valence electrons. The van der Waals surface area contributed by atoms with Gasteiger partial charge in [0.05, 0.1) is 48.9 Å². The maximum Gasteiger partial charge on any atom is 0.243 e. The highest BCUT2D eigenvalue weighted by Crippen LogP contribution is 2.32. The zero-order chi connectivity index (χ0) is 22.7. The summed E-state index contributed by atoms with van der Waals surface area (Å²) in [6.07, 6.45) is 3.91. The summed E-state index contributed by atoms with van der Waals surface area (Å²) in [7, 11) is -3.91. The summed E-state index contributed by atoms with van der Waals surface area (Å²) in [5, 5.41) is 13.7. The fraction of sp³-hybridized carbons (Fsp3) is 0.682. The first-order chi connectivity index (χ1) is 15.3. The SMILES string of the molecule is O=C(C[C@@H]1CC[C@@H]2[C@H](COC[C@H](O)CN2S(=O)(=O)c2cccc(Cl)c2)O1)NC1CCCC1. The van der Waals surface area contributed by atoms with Crippen LogP contribution in [0.2, 0.25) is 5.02 Å². The number of carbonyl (C=O) groups excluding carboxylic acids is 1. The number of nitrogens with zero attached hydrogens (tertiary/aromatic N) is 1. The number of amides is 1. The van der Waals surface area contributed by atoms with Crippen LogP contribution in [0.3, 0.4) is 0 Å². The van der Waals surface area contributed by atoms with Gasteiger partial charge < -0.3 is 19.9 Å². The van der Waals surface area contributed by atoms with Gasteiger partial charge in [0.2, 0.25) is 15.9 Å². The molecule has 2 saturated heterocycles. The normalized spacial score (nSPS) is 30.3. The summed E-state index contributed by atoms with van der Waals surface area (Å²) in [6.45, 7) is 0.0806. The second-order valence-electron chi connectivity index (χ2n) is 8.92. The lowest BCUT2D eigenvalue weighted by Crippen LogP contribution is -2.57. The van der Waals surface area contributed by atoms with Crippen molar-refractivity contribution in [3.8, 4) is 0 Å². The highest BCUT2D eigenvalue weighted by Gasteiger charge is 2.43. The van der Waals surface area contributed by atoms with Crippen molar-refractivity contribution in [2.24, 2.45) is 0 Å². The zero-order valence-corrected chi connectivity index (χ0v) is 19.6. The van der Waals surface area contributed by atoms with Crippen LogP contribution in [-0.4, -0.2) is 73.9 Å². The van der Waals surface area contributed by atoms with Crippen molar-refractivity contribution in [3.05, 3.63) is 29.3 Å². The van der Waals surface area contributed by atoms with Gasteiger partial charge in [0.25, 0.3) is 0 Å². The Bertz CT molecular complexity index is 907. The number of carbonyl (C=O) groups is 1. The molecule has 0 aromatic heterocycles. The topological polar surface area (TPSA) is 105 Å². The maximum atomic E-state index is 13.5. The largest absolute Gasteiger partial charge is 0.389 e. The van der Waals surface area contributed by atoms with Crippen molar-refractivity contribution >= 4 is 27.5 Å². The Labute approximate surface area is 194 Å². The molecule has 1 aliphatic carbocycles. The standard InChI is InChI=1S/C22H31ClN2O6S/c23-15-4-3-7-19(10-15)32(28,29)25-12-17(26)13-30-14-21-20(25)9-8-18(31-21)11-22(27)24-16-5-1-2-6-16/h3-4,7,10,16-18,20-21,26H,1-2,5-6,8-9,11-14H2,(H,24,27)/t17-,18+,20-,21+/m1/s1. The van der Waals surface area contributed by atoms with Gasteiger partial charge in [-0.25, -0.2) is 8.42 Å². The van der Waals surface area contributed by atoms with Crippen LogP contribution in [0.1, 0.15) is 44.9 Å². The number of ether oxygens (including phenoxy) is 2. The van der Waals surface area contributed by atoms with Crippen LogP contribution in [0.25, 0.3) is 0 Å². The van der Waals surface area contributed by atoms with Crippen LogP contribution in [0, 0.1) is 0 Å². The fourth-order valence-corrected chi connectivity index (χ4v) is 6.92. The molecule has 2 aliphatic heterocycles. The second kappa shape index (κ2) is 10.4. The van der Waals surface area contributed by atoms with Crippen molar-refractivity contribution in [2.45, 2.75) is 80.2 Å². The molecule has 3 fully saturated rings. The number of nitrogens with one attached hydrogen (secondary N) is 1. The van der Waals surface area contributed by atoms with Gasteiger partial charge in [0.15, 0.2) is 0 Å². The van der Waals surface area contributed by atoms with Crippen molar-refractivity contribution in [1.29, 1.82) is 0 Å². The number of rotatable bonds is 5. The van der Waals surface area contributed by atoms with Crippen LogP contribution in [0.4, 0.5) is 0 Å². The Morgan fingerprint density at radius 3 is 2.72 bits per heavy atom. The molecule has 1 amide bonds. The number of aliphatic hydroxyl groups excluding tert-OH is 1. The molecule has 10 heteroatoms. The zero-order valence-electron chi connectivity index (χ0n) is 18.0. The molecule has 32 heavy (non-hydrogen) atoms. The molecule has 0 spiro atoms. The summed E-state index contributed by atoms with van der Waals surface area (Å²) >= 11 is 6.03. The minimum absolute atomic E-state index is 0.0149. The first kappa shape index (κ1) is 23.9. The van der Waals surface area contributed by atoms with Crippen molar-refractivity contribution < 1.29 is 27.8 Å². The van der Waals surface area contributed by atoms with Gasteiger partial charge >= 0.3 is 0 Å². The number of sulfonamides is 1. The highest BCUT2D eigenvalue weighted by atomic mass is 35.5. The summed E-state index contributed by atoms with van der Waals surface area (Å²) < 4.78 is 40.0. The Kier molecular flexibility index (Phi) is 7.74. The Morgan fingerprint density at radius 2 is 1.97 bits per heavy atom. The van der Waals surface area contributed by atoms with E-state index < -0.39 is 28.3 Å². The Balaban J connectivity index is 1.48. The van der Waals surface area contributed by atoms with E-state index in [0.29, 0.717) is 17.9 Å². The summed E-state index contributed by atoms with van der Waals surface area (Å²) in [6, 6.07) is 5.87. The molecule has 4 rings (SSSR count). The highest BCUT2D eigenvalue weighted by molar-refractivity contribution is 7.89. The van der Waals surface area contributed by atoms with Crippen molar-refractivity contribution in [2.75, 3.05) is 19.8 Å². The van der Waals surface area contributed by atoms with E-state index in [2.05, 4.69) is 5.32 Å². The molecule has 4 atom stereocenters. The van der Waals surface area contributed by atoms with Crippen LogP contribution >= 0.6 is 11.6 Å². The third-order valence-electron chi connectivity index (χ3n) is 6.47. The number of hydrogen-bond acceptors (Lipinski definition) is 6. The van der Waals surface area contributed by atoms with E-state index in [1.165, 1.54) is 16.4 Å². The second-order valence-corrected chi connectivity index (χ2v) is 11.2. The van der Waals surface area contributed by atoms with E-state index >= 15 is 0 Å². The van der Waals surface area contributed by atoms with E-state index in [9.17, 15) is 18.3 Å². The molecular weight excluding hydrogens is 456 g/mol. The molecule has 3 aliphatic rings. The lowest BCUT2D eigenvalue weighted by atomic mass is 9.96. The number of β-amino-alcohol motifs (C(OH)–C–C–N with tert-alkyl or cyclic N) is 1. The molecule has 2 heterocycles. The number of aliphatic hydroxyl groups is 1. The summed E-state index contributed by atoms with van der Waals surface area (Å²) in [4.78, 5) is 12.5. The molecule has 0 radical (unpaired) electrons. The number of halogens is 1. The van der Waals surface area contributed by atoms with Gasteiger partial charge in [-0.15, -0.1) is 0 Å². The average Bonchev–Trinajstić information content (AvgIpc) is 3.24. The summed E-state index contributed by atoms with van der Waals surface area (Å²) in [5.41, 5.74) is 0. The number of hydrogen-bond donors (Lipinski definition) is 2. The van der Waals surface area contributed by atoms with Gasteiger partial charge in [0, 0.05) is 17.6 Å². The van der Waals surface area contributed by atoms with Gasteiger partial charge in [-0.1, -0.05) is 30.5 Å². The molecular formula is C22H31ClN2O6S. The first-order valence-electron chi connectivity index (χ1n) is 11.3. The van der Waals surface area contributed by atoms with Crippen LogP contribution in [-0.2, 0) is 24.3 Å². The average molecular weight is 487 g/mol. The maximum absolute atomic E-state index is 13.5. The van der Waals surface area contributed by atoms with Crippen LogP contribution < -0.4 is 5.32 Å². The van der Waals surface area contributed by atoms with Gasteiger partial charge in [-0.2, -0.15) is 4.31 Å². The predicted octanol–water partition coefficient (Wildman–Crippen LogP) is 2.09. The minimum atomic E-state index is -3.91. The predicted molar refractivity (Wildman–Crippen MR) is 119 cm³/mol. The van der Waals surface area contributed by atoms with Crippen molar-refractivity contribution in [3.63, 3.8) is 0 Å². The third-order valence-corrected chi connectivity index (χ3v) is 8.59. The van der Waals surface area contributed by atoms with Crippen LogP contribution in [0.5, 0.6) is 0 Å². The van der Waals surface area contributed by atoms with Gasteiger partial charge in [-0.3, -0.25) is 4.79 Å². The number of benzene rings is 1. The van der Waals surface area contributed by atoms with E-state index in [0.717, 1.165) is 25.7 Å². The van der Waals surface area contributed by atoms with Crippen molar-refractivity contribution in [1.82, 2.24) is 9.62 Å². The third kappa shape index (κ3) is 5.63. The molecule has 1 saturated carbocycles. The van der Waals surface area contributed by atoms with E-state index in [1.54, 1.807) is 12.1 Å². The fourth-order valence-electron chi connectivity index (χ4n) is 4.90.